The number of methoxy groups -OCH3 is 1. The van der Waals surface area contributed by atoms with E-state index in [1.165, 1.54) is 6.92 Å². The van der Waals surface area contributed by atoms with Crippen LogP contribution < -0.4 is 9.47 Å². The van der Waals surface area contributed by atoms with Crippen molar-refractivity contribution in [2.45, 2.75) is 58.8 Å². The average molecular weight is 330 g/mol. The quantitative estimate of drug-likeness (QED) is 0.599. The number of hydrogen-bond donors (Lipinski definition) is 0. The zero-order valence-corrected chi connectivity index (χ0v) is 15.2. The van der Waals surface area contributed by atoms with E-state index < -0.39 is 5.97 Å². The number of rotatable bonds is 2. The molecule has 2 atom stereocenters. The molecule has 1 aromatic rings. The van der Waals surface area contributed by atoms with Crippen molar-refractivity contribution in [3.05, 3.63) is 23.3 Å². The van der Waals surface area contributed by atoms with E-state index >= 15 is 0 Å². The number of esters is 1. The Morgan fingerprint density at radius 1 is 1.17 bits per heavy atom. The molecule has 24 heavy (non-hydrogen) atoms. The molecule has 1 aromatic carbocycles. The maximum atomic E-state index is 12.8. The Labute approximate surface area is 143 Å². The van der Waals surface area contributed by atoms with Gasteiger partial charge in [0.15, 0.2) is 17.3 Å². The second-order valence-corrected chi connectivity index (χ2v) is 8.08. The summed E-state index contributed by atoms with van der Waals surface area (Å²) in [6.07, 6.45) is 3.93. The second kappa shape index (κ2) is 5.61. The minimum atomic E-state index is -0.417. The average Bonchev–Trinajstić information content (AvgIpc) is 2.48. The summed E-state index contributed by atoms with van der Waals surface area (Å²) in [7, 11) is 1.56. The standard InChI is InChI=1S/C20H26O4/c1-12(21)24-17-9-13-14(10-16(17)23-5)20(4)8-6-7-19(2,3)18(20)11-15(13)22/h9-10,18H,6-8,11H2,1-5H3. The normalized spacial score (nSPS) is 27.9. The van der Waals surface area contributed by atoms with Crippen molar-refractivity contribution in [3.8, 4) is 11.5 Å². The molecule has 4 nitrogen and oxygen atoms in total. The van der Waals surface area contributed by atoms with Crippen LogP contribution in [0.3, 0.4) is 0 Å². The number of fused-ring (bicyclic) bond motifs is 3. The van der Waals surface area contributed by atoms with Gasteiger partial charge in [-0.3, -0.25) is 9.59 Å². The Bertz CT molecular complexity index is 704. The summed E-state index contributed by atoms with van der Waals surface area (Å²) < 4.78 is 10.7. The fourth-order valence-electron chi connectivity index (χ4n) is 4.90. The van der Waals surface area contributed by atoms with Crippen LogP contribution in [0.2, 0.25) is 0 Å². The van der Waals surface area contributed by atoms with E-state index in [1.807, 2.05) is 6.07 Å². The fourth-order valence-corrected chi connectivity index (χ4v) is 4.90. The summed E-state index contributed by atoms with van der Waals surface area (Å²) in [5.74, 6) is 0.886. The molecule has 0 radical (unpaired) electrons. The molecule has 2 aliphatic carbocycles. The monoisotopic (exact) mass is 330 g/mol. The minimum absolute atomic E-state index is 0.0486. The van der Waals surface area contributed by atoms with E-state index in [0.29, 0.717) is 29.4 Å². The first-order valence-corrected chi connectivity index (χ1v) is 8.63. The highest BCUT2D eigenvalue weighted by Gasteiger charge is 2.52. The Morgan fingerprint density at radius 2 is 1.88 bits per heavy atom. The van der Waals surface area contributed by atoms with Gasteiger partial charge >= 0.3 is 5.97 Å². The predicted molar refractivity (Wildman–Crippen MR) is 91.7 cm³/mol. The van der Waals surface area contributed by atoms with Crippen LogP contribution in [0.5, 0.6) is 11.5 Å². The molecule has 1 saturated carbocycles. The summed E-state index contributed by atoms with van der Waals surface area (Å²) in [6, 6.07) is 3.61. The number of carbonyl (C=O) groups excluding carboxylic acids is 2. The molecule has 0 aromatic heterocycles. The van der Waals surface area contributed by atoms with Crippen molar-refractivity contribution in [3.63, 3.8) is 0 Å². The Kier molecular flexibility index (Phi) is 3.97. The topological polar surface area (TPSA) is 52.6 Å². The molecule has 4 heteroatoms. The van der Waals surface area contributed by atoms with Crippen LogP contribution >= 0.6 is 0 Å². The van der Waals surface area contributed by atoms with E-state index in [-0.39, 0.29) is 16.6 Å². The summed E-state index contributed by atoms with van der Waals surface area (Å²) in [5.41, 5.74) is 1.82. The van der Waals surface area contributed by atoms with Gasteiger partial charge in [0.1, 0.15) is 0 Å². The molecule has 2 unspecified atom stereocenters. The number of benzene rings is 1. The molecule has 0 N–H and O–H groups in total. The first kappa shape index (κ1) is 17.0. The van der Waals surface area contributed by atoms with E-state index in [4.69, 9.17) is 9.47 Å². The maximum absolute atomic E-state index is 12.8. The van der Waals surface area contributed by atoms with Crippen LogP contribution in [-0.4, -0.2) is 18.9 Å². The van der Waals surface area contributed by atoms with Gasteiger partial charge in [-0.1, -0.05) is 27.2 Å². The molecule has 0 heterocycles. The van der Waals surface area contributed by atoms with Crippen molar-refractivity contribution in [1.29, 1.82) is 0 Å². The molecule has 1 fully saturated rings. The van der Waals surface area contributed by atoms with E-state index in [0.717, 1.165) is 24.8 Å². The van der Waals surface area contributed by atoms with Crippen LogP contribution in [-0.2, 0) is 10.2 Å². The summed E-state index contributed by atoms with van der Waals surface area (Å²) in [5, 5.41) is 0. The molecule has 0 saturated heterocycles. The molecular weight excluding hydrogens is 304 g/mol. The van der Waals surface area contributed by atoms with E-state index in [2.05, 4.69) is 20.8 Å². The third-order valence-electron chi connectivity index (χ3n) is 6.09. The molecule has 0 spiro atoms. The first-order valence-electron chi connectivity index (χ1n) is 8.63. The highest BCUT2D eigenvalue weighted by atomic mass is 16.6. The molecule has 0 aliphatic heterocycles. The van der Waals surface area contributed by atoms with Crippen molar-refractivity contribution < 1.29 is 19.1 Å². The highest BCUT2D eigenvalue weighted by molar-refractivity contribution is 6.00. The molecule has 0 amide bonds. The van der Waals surface area contributed by atoms with Crippen molar-refractivity contribution >= 4 is 11.8 Å². The van der Waals surface area contributed by atoms with Crippen LogP contribution in [0, 0.1) is 11.3 Å². The van der Waals surface area contributed by atoms with Crippen molar-refractivity contribution in [2.24, 2.45) is 11.3 Å². The zero-order chi connectivity index (χ0) is 17.7. The fraction of sp³-hybridized carbons (Fsp3) is 0.600. The van der Waals surface area contributed by atoms with Gasteiger partial charge in [0.25, 0.3) is 0 Å². The molecule has 0 bridgehead atoms. The lowest BCUT2D eigenvalue weighted by atomic mass is 9.50. The van der Waals surface area contributed by atoms with Crippen LogP contribution in [0.4, 0.5) is 0 Å². The number of carbonyl (C=O) groups is 2. The smallest absolute Gasteiger partial charge is 0.308 e. The molecule has 2 aliphatic rings. The third kappa shape index (κ3) is 2.52. The third-order valence-corrected chi connectivity index (χ3v) is 6.09. The van der Waals surface area contributed by atoms with Gasteiger partial charge in [-0.15, -0.1) is 0 Å². The van der Waals surface area contributed by atoms with Gasteiger partial charge in [-0.05, 0) is 47.3 Å². The molecule has 130 valence electrons. The van der Waals surface area contributed by atoms with Gasteiger partial charge in [-0.25, -0.2) is 0 Å². The number of hydrogen-bond acceptors (Lipinski definition) is 4. The van der Waals surface area contributed by atoms with Crippen molar-refractivity contribution in [1.82, 2.24) is 0 Å². The zero-order valence-electron chi connectivity index (χ0n) is 15.2. The van der Waals surface area contributed by atoms with Crippen molar-refractivity contribution in [2.75, 3.05) is 7.11 Å². The second-order valence-electron chi connectivity index (χ2n) is 8.08. The SMILES string of the molecule is COc1cc2c(cc1OC(C)=O)C(=O)CC1C(C)(C)CCCC21C. The lowest BCUT2D eigenvalue weighted by Crippen LogP contribution is -2.49. The van der Waals surface area contributed by atoms with Gasteiger partial charge in [0.05, 0.1) is 7.11 Å². The van der Waals surface area contributed by atoms with E-state index in [9.17, 15) is 9.59 Å². The van der Waals surface area contributed by atoms with Crippen LogP contribution in [0.1, 0.15) is 69.3 Å². The number of Topliss-reactive ketones (excluding diaryl/α,β-unsaturated/α-hetero) is 1. The largest absolute Gasteiger partial charge is 0.493 e. The summed E-state index contributed by atoms with van der Waals surface area (Å²) in [6.45, 7) is 8.17. The van der Waals surface area contributed by atoms with Gasteiger partial charge < -0.3 is 9.47 Å². The molecular formula is C20H26O4. The lowest BCUT2D eigenvalue weighted by molar-refractivity contribution is -0.132. The summed E-state index contributed by atoms with van der Waals surface area (Å²) >= 11 is 0. The molecule has 3 rings (SSSR count). The highest BCUT2D eigenvalue weighted by Crippen LogP contribution is 2.57. The van der Waals surface area contributed by atoms with Gasteiger partial charge in [0.2, 0.25) is 0 Å². The van der Waals surface area contributed by atoms with Crippen LogP contribution in [0.15, 0.2) is 12.1 Å². The summed E-state index contributed by atoms with van der Waals surface area (Å²) in [4.78, 5) is 24.2. The minimum Gasteiger partial charge on any atom is -0.493 e. The maximum Gasteiger partial charge on any atom is 0.308 e. The van der Waals surface area contributed by atoms with Gasteiger partial charge in [0, 0.05) is 18.9 Å². The number of ether oxygens (including phenoxy) is 2. The first-order chi connectivity index (χ1) is 11.2. The number of ketones is 1. The van der Waals surface area contributed by atoms with E-state index in [1.54, 1.807) is 13.2 Å². The van der Waals surface area contributed by atoms with Gasteiger partial charge in [-0.2, -0.15) is 0 Å². The Hall–Kier alpha value is -1.84. The Morgan fingerprint density at radius 3 is 2.50 bits per heavy atom. The predicted octanol–water partition coefficient (Wildman–Crippen LogP) is 4.29. The van der Waals surface area contributed by atoms with Crippen LogP contribution in [0.25, 0.3) is 0 Å². The lowest BCUT2D eigenvalue weighted by Gasteiger charge is -2.53. The Balaban J connectivity index is 2.17.